The predicted molar refractivity (Wildman–Crippen MR) is 85.3 cm³/mol. The third-order valence-electron chi connectivity index (χ3n) is 1.67. The molecule has 0 aromatic carbocycles. The second-order valence-corrected chi connectivity index (χ2v) is 26.3. The van der Waals surface area contributed by atoms with Gasteiger partial charge in [-0.3, -0.25) is 10.2 Å². The van der Waals surface area contributed by atoms with E-state index in [4.69, 9.17) is 17.8 Å². The first-order valence-corrected chi connectivity index (χ1v) is 18.9. The van der Waals surface area contributed by atoms with Crippen molar-refractivity contribution in [3.8, 4) is 0 Å². The Labute approximate surface area is 126 Å². The Balaban J connectivity index is 0.000000261. The quantitative estimate of drug-likeness (QED) is 0.637. The summed E-state index contributed by atoms with van der Waals surface area (Å²) in [5, 5.41) is 13.4. The molecule has 108 valence electrons. The van der Waals surface area contributed by atoms with Crippen LogP contribution in [0.5, 0.6) is 0 Å². The zero-order valence-corrected chi connectivity index (χ0v) is 16.7. The number of H-pyrrole nitrogens is 2. The van der Waals surface area contributed by atoms with Crippen LogP contribution in [0.15, 0.2) is 12.1 Å². The van der Waals surface area contributed by atoms with Gasteiger partial charge in [0.1, 0.15) is 0 Å². The van der Waals surface area contributed by atoms with E-state index < -0.39 is 16.1 Å². The number of nitrogens with one attached hydrogen (secondary N) is 2. The number of halogens is 2. The average Bonchev–Trinajstić information content (AvgIpc) is 2.74. The van der Waals surface area contributed by atoms with Crippen molar-refractivity contribution in [3.05, 3.63) is 34.9 Å². The van der Waals surface area contributed by atoms with Crippen LogP contribution in [0.25, 0.3) is 0 Å². The minimum atomic E-state index is -2.24. The van der Waals surface area contributed by atoms with E-state index >= 15 is 0 Å². The van der Waals surface area contributed by atoms with E-state index in [0.29, 0.717) is 0 Å². The van der Waals surface area contributed by atoms with Crippen LogP contribution < -0.4 is 0 Å². The molecule has 2 aromatic rings. The van der Waals surface area contributed by atoms with Crippen molar-refractivity contribution in [2.45, 2.75) is 37.6 Å². The number of hydrogen-bond acceptors (Lipinski definition) is 2. The average molecular weight is 412 g/mol. The first-order chi connectivity index (χ1) is 8.58. The second-order valence-electron chi connectivity index (χ2n) is 4.71. The predicted octanol–water partition coefficient (Wildman–Crippen LogP) is 4.22. The van der Waals surface area contributed by atoms with Gasteiger partial charge in [-0.15, -0.1) is 0 Å². The molecule has 0 saturated carbocycles. The third kappa shape index (κ3) is 14.0. The standard InChI is InChI=1S/2C5H8N2.2CH3.2ClH.Sn/c2*1-4-3-5(2)7-6-4;;;;;/h2*3H,1-2H3,(H,6,7);2*1H3;2*1H;/q;;;;;;+2/p-2. The van der Waals surface area contributed by atoms with Gasteiger partial charge >= 0.3 is 43.8 Å². The summed E-state index contributed by atoms with van der Waals surface area (Å²) < 4.78 is 0. The van der Waals surface area contributed by atoms with E-state index in [9.17, 15) is 0 Å². The molecule has 2 N–H and O–H groups in total. The Kier molecular flexibility index (Phi) is 8.77. The van der Waals surface area contributed by atoms with Crippen molar-refractivity contribution in [1.82, 2.24) is 20.4 Å². The number of aromatic nitrogens is 4. The van der Waals surface area contributed by atoms with Gasteiger partial charge < -0.3 is 0 Å². The van der Waals surface area contributed by atoms with Crippen LogP contribution in [0.4, 0.5) is 0 Å². The van der Waals surface area contributed by atoms with Gasteiger partial charge in [0.25, 0.3) is 0 Å². The van der Waals surface area contributed by atoms with E-state index in [2.05, 4.69) is 20.4 Å². The van der Waals surface area contributed by atoms with E-state index in [1.807, 2.05) is 49.7 Å². The van der Waals surface area contributed by atoms with Crippen molar-refractivity contribution in [3.63, 3.8) is 0 Å². The van der Waals surface area contributed by atoms with Gasteiger partial charge in [-0.1, -0.05) is 0 Å². The normalized spacial score (nSPS) is 10.1. The minimum absolute atomic E-state index is 1.05. The fourth-order valence-corrected chi connectivity index (χ4v) is 1.11. The number of rotatable bonds is 0. The molecule has 0 aliphatic rings. The van der Waals surface area contributed by atoms with Gasteiger partial charge in [-0.25, -0.2) is 0 Å². The summed E-state index contributed by atoms with van der Waals surface area (Å²) in [7, 11) is 11.0. The molecule has 2 aromatic heterocycles. The molecule has 2 heterocycles. The van der Waals surface area contributed by atoms with Crippen LogP contribution in [-0.2, 0) is 0 Å². The molecule has 7 heteroatoms. The summed E-state index contributed by atoms with van der Waals surface area (Å²) in [6.07, 6.45) is 0. The van der Waals surface area contributed by atoms with Gasteiger partial charge in [-0.2, -0.15) is 10.2 Å². The molecule has 4 nitrogen and oxygen atoms in total. The first kappa shape index (κ1) is 18.8. The van der Waals surface area contributed by atoms with Gasteiger partial charge in [0.05, 0.1) is 11.4 Å². The molecule has 0 aliphatic carbocycles. The van der Waals surface area contributed by atoms with Crippen LogP contribution in [0.3, 0.4) is 0 Å². The molecule has 2 rings (SSSR count). The van der Waals surface area contributed by atoms with Crippen LogP contribution in [-0.4, -0.2) is 36.5 Å². The van der Waals surface area contributed by atoms with E-state index in [0.717, 1.165) is 22.8 Å². The van der Waals surface area contributed by atoms with Gasteiger partial charge in [-0.05, 0) is 39.8 Å². The first-order valence-electron chi connectivity index (χ1n) is 5.93. The number of hydrogen-bond donors (Lipinski definition) is 2. The molecule has 0 unspecified atom stereocenters. The maximum atomic E-state index is 5.51. The molecular formula is C12H22Cl2N4Sn. The Bertz CT molecular complexity index is 397. The van der Waals surface area contributed by atoms with Gasteiger partial charge in [0.15, 0.2) is 0 Å². The summed E-state index contributed by atoms with van der Waals surface area (Å²) in [5.74, 6) is 0. The molecule has 0 amide bonds. The van der Waals surface area contributed by atoms with Crippen LogP contribution in [0, 0.1) is 27.7 Å². The molecule has 19 heavy (non-hydrogen) atoms. The molecule has 0 fully saturated rings. The summed E-state index contributed by atoms with van der Waals surface area (Å²) >= 11 is -2.24. The summed E-state index contributed by atoms with van der Waals surface area (Å²) in [6, 6.07) is 4.00. The molecule has 0 atom stereocenters. The number of aryl methyl sites for hydroxylation is 4. The summed E-state index contributed by atoms with van der Waals surface area (Å²) in [5.41, 5.74) is 4.35. The van der Waals surface area contributed by atoms with Crippen molar-refractivity contribution < 1.29 is 0 Å². The molecule has 0 aliphatic heterocycles. The number of nitrogens with zero attached hydrogens (tertiary/aromatic N) is 2. The zero-order chi connectivity index (χ0) is 15.1. The monoisotopic (exact) mass is 412 g/mol. The second kappa shape index (κ2) is 8.87. The Hall–Kier alpha value is -0.201. The van der Waals surface area contributed by atoms with Crippen molar-refractivity contribution >= 4 is 34.0 Å². The molecule has 0 spiro atoms. The van der Waals surface area contributed by atoms with Crippen LogP contribution in [0.1, 0.15) is 22.8 Å². The van der Waals surface area contributed by atoms with E-state index in [1.54, 1.807) is 0 Å². The van der Waals surface area contributed by atoms with E-state index in [1.165, 1.54) is 0 Å². The van der Waals surface area contributed by atoms with Crippen molar-refractivity contribution in [2.75, 3.05) is 0 Å². The summed E-state index contributed by atoms with van der Waals surface area (Å²) in [4.78, 5) is 3.86. The Morgan fingerprint density at radius 3 is 1.16 bits per heavy atom. The van der Waals surface area contributed by atoms with Crippen molar-refractivity contribution in [2.24, 2.45) is 0 Å². The van der Waals surface area contributed by atoms with Gasteiger partial charge in [0.2, 0.25) is 0 Å². The fourth-order valence-electron chi connectivity index (χ4n) is 1.11. The Morgan fingerprint density at radius 2 is 1.11 bits per heavy atom. The molecule has 0 radical (unpaired) electrons. The van der Waals surface area contributed by atoms with Gasteiger partial charge in [0, 0.05) is 11.4 Å². The molecule has 0 saturated heterocycles. The van der Waals surface area contributed by atoms with Crippen molar-refractivity contribution in [1.29, 1.82) is 0 Å². The third-order valence-corrected chi connectivity index (χ3v) is 1.67. The maximum absolute atomic E-state index is 5.51. The molecular weight excluding hydrogens is 390 g/mol. The summed E-state index contributed by atoms with van der Waals surface area (Å²) in [6.45, 7) is 7.90. The fraction of sp³-hybridized carbons (Fsp3) is 0.500. The zero-order valence-electron chi connectivity index (χ0n) is 12.3. The Morgan fingerprint density at radius 1 is 0.842 bits per heavy atom. The van der Waals surface area contributed by atoms with Crippen LogP contribution >= 0.6 is 17.8 Å². The number of aromatic amines is 2. The SMILES string of the molecule is Cc1cc(C)[nH]n1.Cc1cc(C)[nH]n1.[CH3][Sn]([CH3])([Cl])[Cl]. The van der Waals surface area contributed by atoms with E-state index in [-0.39, 0.29) is 0 Å². The van der Waals surface area contributed by atoms with Crippen LogP contribution in [0.2, 0.25) is 9.88 Å². The molecule has 0 bridgehead atoms. The topological polar surface area (TPSA) is 57.4 Å².